The Morgan fingerprint density at radius 1 is 1.44 bits per heavy atom. The molecule has 0 unspecified atom stereocenters. The van der Waals surface area contributed by atoms with Gasteiger partial charge >= 0.3 is 5.97 Å². The van der Waals surface area contributed by atoms with Gasteiger partial charge in [-0.25, -0.2) is 14.8 Å². The van der Waals surface area contributed by atoms with E-state index in [1.165, 1.54) is 11.8 Å². The van der Waals surface area contributed by atoms with Gasteiger partial charge in [-0.1, -0.05) is 0 Å². The molecule has 5 nitrogen and oxygen atoms in total. The number of hydrogen-bond acceptors (Lipinski definition) is 5. The average molecular weight is 263 g/mol. The molecule has 0 spiro atoms. The van der Waals surface area contributed by atoms with Gasteiger partial charge in [0.2, 0.25) is 0 Å². The number of carbonyl (C=O) groups is 1. The SMILES string of the molecule is CSc1cc(C(=O)OCc2nccn2C)ccn1. The molecule has 18 heavy (non-hydrogen) atoms. The molecule has 0 radical (unpaired) electrons. The van der Waals surface area contributed by atoms with Crippen LogP contribution in [-0.4, -0.2) is 26.8 Å². The lowest BCUT2D eigenvalue weighted by Crippen LogP contribution is -2.08. The monoisotopic (exact) mass is 263 g/mol. The van der Waals surface area contributed by atoms with Crippen LogP contribution in [0.1, 0.15) is 16.2 Å². The summed E-state index contributed by atoms with van der Waals surface area (Å²) in [5.41, 5.74) is 0.503. The molecular weight excluding hydrogens is 250 g/mol. The molecule has 2 rings (SSSR count). The maximum Gasteiger partial charge on any atom is 0.338 e. The molecule has 2 aromatic heterocycles. The van der Waals surface area contributed by atoms with Crippen molar-refractivity contribution < 1.29 is 9.53 Å². The Morgan fingerprint density at radius 3 is 2.94 bits per heavy atom. The van der Waals surface area contributed by atoms with Gasteiger partial charge in [0.1, 0.15) is 12.4 Å². The Kier molecular flexibility index (Phi) is 3.99. The standard InChI is InChI=1S/C12H13N3O2S/c1-15-6-5-13-10(15)8-17-12(16)9-3-4-14-11(7-9)18-2/h3-7H,8H2,1-2H3. The topological polar surface area (TPSA) is 57.0 Å². The first-order valence-corrected chi connectivity index (χ1v) is 6.56. The fourth-order valence-electron chi connectivity index (χ4n) is 1.40. The fourth-order valence-corrected chi connectivity index (χ4v) is 1.81. The first-order valence-electron chi connectivity index (χ1n) is 5.34. The number of aryl methyl sites for hydroxylation is 1. The Balaban J connectivity index is 2.01. The fraction of sp³-hybridized carbons (Fsp3) is 0.250. The van der Waals surface area contributed by atoms with Crippen molar-refractivity contribution in [2.45, 2.75) is 11.6 Å². The summed E-state index contributed by atoms with van der Waals surface area (Å²) in [6.45, 7) is 0.166. The molecule has 0 saturated carbocycles. The number of aromatic nitrogens is 3. The van der Waals surface area contributed by atoms with E-state index in [0.717, 1.165) is 5.03 Å². The average Bonchev–Trinajstić information content (AvgIpc) is 2.81. The van der Waals surface area contributed by atoms with Crippen LogP contribution in [0, 0.1) is 0 Å². The van der Waals surface area contributed by atoms with Crippen molar-refractivity contribution in [1.82, 2.24) is 14.5 Å². The van der Waals surface area contributed by atoms with Gasteiger partial charge in [0, 0.05) is 25.6 Å². The van der Waals surface area contributed by atoms with E-state index in [1.54, 1.807) is 30.7 Å². The van der Waals surface area contributed by atoms with Crippen LogP contribution in [-0.2, 0) is 18.4 Å². The van der Waals surface area contributed by atoms with E-state index in [4.69, 9.17) is 4.74 Å². The van der Waals surface area contributed by atoms with Crippen LogP contribution in [0.3, 0.4) is 0 Å². The van der Waals surface area contributed by atoms with Crippen LogP contribution in [0.25, 0.3) is 0 Å². The minimum atomic E-state index is -0.365. The second-order valence-corrected chi connectivity index (χ2v) is 4.44. The zero-order valence-corrected chi connectivity index (χ0v) is 11.0. The number of pyridine rings is 1. The largest absolute Gasteiger partial charge is 0.454 e. The quantitative estimate of drug-likeness (QED) is 0.623. The molecule has 0 amide bonds. The van der Waals surface area contributed by atoms with E-state index in [0.29, 0.717) is 11.4 Å². The summed E-state index contributed by atoms with van der Waals surface area (Å²) >= 11 is 1.48. The molecule has 0 saturated heterocycles. The molecule has 0 aliphatic rings. The van der Waals surface area contributed by atoms with Crippen molar-refractivity contribution in [2.24, 2.45) is 7.05 Å². The van der Waals surface area contributed by atoms with E-state index >= 15 is 0 Å². The van der Waals surface area contributed by atoms with E-state index in [2.05, 4.69) is 9.97 Å². The highest BCUT2D eigenvalue weighted by Crippen LogP contribution is 2.13. The summed E-state index contributed by atoms with van der Waals surface area (Å²) in [4.78, 5) is 20.0. The Labute approximate surface area is 109 Å². The summed E-state index contributed by atoms with van der Waals surface area (Å²) in [5.74, 6) is 0.346. The minimum absolute atomic E-state index is 0.166. The lowest BCUT2D eigenvalue weighted by Gasteiger charge is -2.05. The van der Waals surface area contributed by atoms with E-state index in [1.807, 2.05) is 17.9 Å². The van der Waals surface area contributed by atoms with Crippen LogP contribution in [0.4, 0.5) is 0 Å². The summed E-state index contributed by atoms with van der Waals surface area (Å²) < 4.78 is 7.01. The number of ether oxygens (including phenoxy) is 1. The van der Waals surface area contributed by atoms with E-state index < -0.39 is 0 Å². The summed E-state index contributed by atoms with van der Waals surface area (Å²) in [7, 11) is 1.86. The number of imidazole rings is 1. The van der Waals surface area contributed by atoms with Crippen molar-refractivity contribution in [1.29, 1.82) is 0 Å². The number of esters is 1. The van der Waals surface area contributed by atoms with Crippen LogP contribution in [0.2, 0.25) is 0 Å². The van der Waals surface area contributed by atoms with E-state index in [-0.39, 0.29) is 12.6 Å². The number of rotatable bonds is 4. The molecule has 2 heterocycles. The number of thioether (sulfide) groups is 1. The van der Waals surface area contributed by atoms with E-state index in [9.17, 15) is 4.79 Å². The second kappa shape index (κ2) is 5.68. The van der Waals surface area contributed by atoms with Crippen molar-refractivity contribution in [2.75, 3.05) is 6.26 Å². The predicted molar refractivity (Wildman–Crippen MR) is 68.3 cm³/mol. The van der Waals surface area contributed by atoms with Gasteiger partial charge < -0.3 is 9.30 Å². The molecule has 0 fully saturated rings. The highest BCUT2D eigenvalue weighted by atomic mass is 32.2. The lowest BCUT2D eigenvalue weighted by molar-refractivity contribution is 0.0458. The van der Waals surface area contributed by atoms with Crippen LogP contribution in [0.5, 0.6) is 0 Å². The molecule has 0 atom stereocenters. The molecular formula is C12H13N3O2S. The van der Waals surface area contributed by atoms with Gasteiger partial charge in [0.05, 0.1) is 10.6 Å². The van der Waals surface area contributed by atoms with Crippen molar-refractivity contribution in [3.8, 4) is 0 Å². The highest BCUT2D eigenvalue weighted by Gasteiger charge is 2.09. The van der Waals surface area contributed by atoms with Gasteiger partial charge in [-0.05, 0) is 18.4 Å². The van der Waals surface area contributed by atoms with Crippen LogP contribution < -0.4 is 0 Å². The molecule has 6 heteroatoms. The third-order valence-corrected chi connectivity index (χ3v) is 3.07. The van der Waals surface area contributed by atoms with Crippen molar-refractivity contribution in [3.63, 3.8) is 0 Å². The highest BCUT2D eigenvalue weighted by molar-refractivity contribution is 7.98. The first kappa shape index (κ1) is 12.6. The predicted octanol–water partition coefficient (Wildman–Crippen LogP) is 1.89. The lowest BCUT2D eigenvalue weighted by atomic mass is 10.3. The van der Waals surface area contributed by atoms with Crippen molar-refractivity contribution in [3.05, 3.63) is 42.1 Å². The summed E-state index contributed by atoms with van der Waals surface area (Å²) in [6, 6.07) is 3.35. The Bertz CT molecular complexity index is 554. The van der Waals surface area contributed by atoms with Gasteiger partial charge in [-0.3, -0.25) is 0 Å². The molecule has 0 bridgehead atoms. The normalized spacial score (nSPS) is 10.3. The molecule has 94 valence electrons. The molecule has 2 aromatic rings. The third kappa shape index (κ3) is 2.89. The zero-order chi connectivity index (χ0) is 13.0. The summed E-state index contributed by atoms with van der Waals surface area (Å²) in [5, 5.41) is 0.793. The maximum absolute atomic E-state index is 11.8. The number of nitrogens with zero attached hydrogens (tertiary/aromatic N) is 3. The van der Waals surface area contributed by atoms with Crippen molar-refractivity contribution >= 4 is 17.7 Å². The number of carbonyl (C=O) groups excluding carboxylic acids is 1. The Morgan fingerprint density at radius 2 is 2.28 bits per heavy atom. The van der Waals surface area contributed by atoms with Crippen LogP contribution in [0.15, 0.2) is 35.7 Å². The molecule has 0 aliphatic carbocycles. The first-order chi connectivity index (χ1) is 8.70. The second-order valence-electron chi connectivity index (χ2n) is 3.62. The molecule has 0 N–H and O–H groups in total. The third-order valence-electron chi connectivity index (χ3n) is 2.43. The van der Waals surface area contributed by atoms with Crippen LogP contribution >= 0.6 is 11.8 Å². The smallest absolute Gasteiger partial charge is 0.338 e. The van der Waals surface area contributed by atoms with Gasteiger partial charge in [0.25, 0.3) is 0 Å². The minimum Gasteiger partial charge on any atom is -0.454 e. The summed E-state index contributed by atoms with van der Waals surface area (Å²) in [6.07, 6.45) is 6.98. The zero-order valence-electron chi connectivity index (χ0n) is 10.2. The molecule has 0 aromatic carbocycles. The van der Waals surface area contributed by atoms with Gasteiger partial charge in [0.15, 0.2) is 0 Å². The maximum atomic E-state index is 11.8. The molecule has 0 aliphatic heterocycles. The van der Waals surface area contributed by atoms with Gasteiger partial charge in [-0.15, -0.1) is 11.8 Å². The number of hydrogen-bond donors (Lipinski definition) is 0. The Hall–Kier alpha value is -1.82. The van der Waals surface area contributed by atoms with Gasteiger partial charge in [-0.2, -0.15) is 0 Å².